The molecule has 0 fully saturated rings. The molecule has 0 amide bonds. The van der Waals surface area contributed by atoms with E-state index in [0.29, 0.717) is 24.4 Å². The smallest absolute Gasteiger partial charge is 0.240 e. The van der Waals surface area contributed by atoms with Gasteiger partial charge in [0.25, 0.3) is 0 Å². The number of sulfonamides is 1. The fourth-order valence-corrected chi connectivity index (χ4v) is 4.03. The van der Waals surface area contributed by atoms with Crippen LogP contribution >= 0.6 is 11.8 Å². The summed E-state index contributed by atoms with van der Waals surface area (Å²) in [6.45, 7) is 2.80. The van der Waals surface area contributed by atoms with E-state index < -0.39 is 10.0 Å². The average molecular weight is 331 g/mol. The molecule has 120 valence electrons. The van der Waals surface area contributed by atoms with Crippen molar-refractivity contribution < 1.29 is 8.42 Å². The number of unbranched alkanes of at least 4 members (excludes halogenated alkanes) is 2. The van der Waals surface area contributed by atoms with E-state index in [-0.39, 0.29) is 0 Å². The number of thioether (sulfide) groups is 1. The third-order valence-corrected chi connectivity index (χ3v) is 5.60. The minimum absolute atomic E-state index is 0.348. The maximum Gasteiger partial charge on any atom is 0.240 e. The molecule has 1 aromatic rings. The van der Waals surface area contributed by atoms with E-state index >= 15 is 0 Å². The standard InChI is InChI=1S/C15H26N2O2S2/c1-3-14-8-7-13(12-16)11-15(14)21(18,19)17-9-5-4-6-10-20-2/h7-8,11,17H,3-6,9-10,12,16H2,1-2H3. The normalized spacial score (nSPS) is 11.8. The van der Waals surface area contributed by atoms with Gasteiger partial charge in [0, 0.05) is 13.1 Å². The lowest BCUT2D eigenvalue weighted by atomic mass is 10.1. The van der Waals surface area contributed by atoms with E-state index in [4.69, 9.17) is 5.73 Å². The first-order valence-corrected chi connectivity index (χ1v) is 10.2. The quantitative estimate of drug-likeness (QED) is 0.647. The number of benzene rings is 1. The minimum atomic E-state index is -3.44. The molecule has 0 aliphatic carbocycles. The SMILES string of the molecule is CCc1ccc(CN)cc1S(=O)(=O)NCCCCCSC. The van der Waals surface area contributed by atoms with Gasteiger partial charge in [-0.15, -0.1) is 0 Å². The second-order valence-electron chi connectivity index (χ2n) is 4.95. The van der Waals surface area contributed by atoms with Gasteiger partial charge in [0.1, 0.15) is 0 Å². The molecular weight excluding hydrogens is 304 g/mol. The van der Waals surface area contributed by atoms with Gasteiger partial charge in [-0.3, -0.25) is 0 Å². The van der Waals surface area contributed by atoms with Crippen molar-refractivity contribution in [3.63, 3.8) is 0 Å². The lowest BCUT2D eigenvalue weighted by Crippen LogP contribution is -2.26. The van der Waals surface area contributed by atoms with Gasteiger partial charge >= 0.3 is 0 Å². The molecule has 0 aliphatic rings. The molecular formula is C15H26N2O2S2. The molecule has 0 heterocycles. The van der Waals surface area contributed by atoms with Crippen molar-refractivity contribution in [2.75, 3.05) is 18.6 Å². The van der Waals surface area contributed by atoms with Crippen LogP contribution in [0.25, 0.3) is 0 Å². The topological polar surface area (TPSA) is 72.2 Å². The van der Waals surface area contributed by atoms with E-state index in [0.717, 1.165) is 36.1 Å². The Kier molecular flexibility index (Phi) is 8.33. The Bertz CT molecular complexity index is 530. The highest BCUT2D eigenvalue weighted by molar-refractivity contribution is 7.98. The van der Waals surface area contributed by atoms with Crippen LogP contribution in [0.2, 0.25) is 0 Å². The van der Waals surface area contributed by atoms with Gasteiger partial charge in [0.05, 0.1) is 4.90 Å². The lowest BCUT2D eigenvalue weighted by molar-refractivity contribution is 0.575. The van der Waals surface area contributed by atoms with E-state index in [2.05, 4.69) is 11.0 Å². The van der Waals surface area contributed by atoms with Gasteiger partial charge < -0.3 is 5.73 Å². The van der Waals surface area contributed by atoms with Crippen LogP contribution in [0.3, 0.4) is 0 Å². The summed E-state index contributed by atoms with van der Waals surface area (Å²) in [7, 11) is -3.44. The Morgan fingerprint density at radius 3 is 2.62 bits per heavy atom. The minimum Gasteiger partial charge on any atom is -0.326 e. The zero-order valence-corrected chi connectivity index (χ0v) is 14.5. The molecule has 1 rings (SSSR count). The molecule has 0 saturated carbocycles. The van der Waals surface area contributed by atoms with E-state index in [1.807, 2.05) is 30.8 Å². The summed E-state index contributed by atoms with van der Waals surface area (Å²) in [4.78, 5) is 0.372. The van der Waals surface area contributed by atoms with Crippen LogP contribution in [0.1, 0.15) is 37.3 Å². The van der Waals surface area contributed by atoms with Gasteiger partial charge in [-0.05, 0) is 48.5 Å². The second-order valence-corrected chi connectivity index (χ2v) is 7.67. The summed E-state index contributed by atoms with van der Waals surface area (Å²) < 4.78 is 27.5. The summed E-state index contributed by atoms with van der Waals surface area (Å²) in [5.41, 5.74) is 7.28. The van der Waals surface area contributed by atoms with Crippen molar-refractivity contribution >= 4 is 21.8 Å². The fraction of sp³-hybridized carbons (Fsp3) is 0.600. The third kappa shape index (κ3) is 5.98. The Morgan fingerprint density at radius 1 is 1.24 bits per heavy atom. The van der Waals surface area contributed by atoms with Gasteiger partial charge in [-0.2, -0.15) is 11.8 Å². The summed E-state index contributed by atoms with van der Waals surface area (Å²) in [6, 6.07) is 5.43. The summed E-state index contributed by atoms with van der Waals surface area (Å²) >= 11 is 1.82. The van der Waals surface area contributed by atoms with Crippen LogP contribution in [0.5, 0.6) is 0 Å². The number of nitrogens with two attached hydrogens (primary N) is 1. The van der Waals surface area contributed by atoms with Gasteiger partial charge in [0.15, 0.2) is 0 Å². The fourth-order valence-electron chi connectivity index (χ4n) is 2.10. The van der Waals surface area contributed by atoms with E-state index in [1.54, 1.807) is 6.07 Å². The Morgan fingerprint density at radius 2 is 2.00 bits per heavy atom. The molecule has 0 aromatic heterocycles. The highest BCUT2D eigenvalue weighted by Gasteiger charge is 2.17. The van der Waals surface area contributed by atoms with Gasteiger partial charge in [0.2, 0.25) is 10.0 Å². The largest absolute Gasteiger partial charge is 0.326 e. The Labute approximate surface area is 132 Å². The van der Waals surface area contributed by atoms with Crippen LogP contribution < -0.4 is 10.5 Å². The second kappa shape index (κ2) is 9.46. The Hall–Kier alpha value is -0.560. The van der Waals surface area contributed by atoms with Crippen molar-refractivity contribution in [2.24, 2.45) is 5.73 Å². The first-order chi connectivity index (χ1) is 10.0. The average Bonchev–Trinajstić information content (AvgIpc) is 2.50. The summed E-state index contributed by atoms with van der Waals surface area (Å²) in [5, 5.41) is 0. The van der Waals surface area contributed by atoms with Gasteiger partial charge in [-0.25, -0.2) is 13.1 Å². The molecule has 0 unspecified atom stereocenters. The number of nitrogens with one attached hydrogen (secondary N) is 1. The number of hydrogen-bond acceptors (Lipinski definition) is 4. The van der Waals surface area contributed by atoms with Crippen LogP contribution in [-0.4, -0.2) is 27.0 Å². The highest BCUT2D eigenvalue weighted by atomic mass is 32.2. The van der Waals surface area contributed by atoms with Crippen molar-refractivity contribution in [2.45, 2.75) is 44.0 Å². The predicted octanol–water partition coefficient (Wildman–Crippen LogP) is 2.52. The van der Waals surface area contributed by atoms with Crippen LogP contribution in [0.15, 0.2) is 23.1 Å². The van der Waals surface area contributed by atoms with Crippen LogP contribution in [0.4, 0.5) is 0 Å². The molecule has 3 N–H and O–H groups in total. The monoisotopic (exact) mass is 330 g/mol. The Balaban J connectivity index is 2.69. The predicted molar refractivity (Wildman–Crippen MR) is 91.1 cm³/mol. The molecule has 0 atom stereocenters. The first-order valence-electron chi connectivity index (χ1n) is 7.35. The molecule has 1 aromatic carbocycles. The van der Waals surface area contributed by atoms with Crippen molar-refractivity contribution in [3.05, 3.63) is 29.3 Å². The maximum atomic E-state index is 12.4. The highest BCUT2D eigenvalue weighted by Crippen LogP contribution is 2.18. The molecule has 0 saturated heterocycles. The van der Waals surface area contributed by atoms with Crippen LogP contribution in [0, 0.1) is 0 Å². The van der Waals surface area contributed by atoms with Crippen LogP contribution in [-0.2, 0) is 23.0 Å². The summed E-state index contributed by atoms with van der Waals surface area (Å²) in [6.07, 6.45) is 5.82. The zero-order chi connectivity index (χ0) is 15.7. The molecule has 0 bridgehead atoms. The van der Waals surface area contributed by atoms with Crippen molar-refractivity contribution in [3.8, 4) is 0 Å². The lowest BCUT2D eigenvalue weighted by Gasteiger charge is -2.12. The van der Waals surface area contributed by atoms with Crippen molar-refractivity contribution in [1.82, 2.24) is 4.72 Å². The zero-order valence-electron chi connectivity index (χ0n) is 12.9. The maximum absolute atomic E-state index is 12.4. The summed E-state index contributed by atoms with van der Waals surface area (Å²) in [5.74, 6) is 1.13. The van der Waals surface area contributed by atoms with Crippen molar-refractivity contribution in [1.29, 1.82) is 0 Å². The molecule has 0 spiro atoms. The third-order valence-electron chi connectivity index (χ3n) is 3.36. The number of rotatable bonds is 10. The molecule has 4 nitrogen and oxygen atoms in total. The molecule has 6 heteroatoms. The van der Waals surface area contributed by atoms with E-state index in [1.165, 1.54) is 0 Å². The molecule has 0 aliphatic heterocycles. The number of aryl methyl sites for hydroxylation is 1. The molecule has 21 heavy (non-hydrogen) atoms. The molecule has 0 radical (unpaired) electrons. The van der Waals surface area contributed by atoms with Gasteiger partial charge in [-0.1, -0.05) is 25.5 Å². The first kappa shape index (κ1) is 18.5. The van der Waals surface area contributed by atoms with E-state index in [9.17, 15) is 8.42 Å². The number of hydrogen-bond donors (Lipinski definition) is 2.